The summed E-state index contributed by atoms with van der Waals surface area (Å²) in [5, 5.41) is 2.88. The molecule has 1 aromatic carbocycles. The van der Waals surface area contributed by atoms with E-state index >= 15 is 0 Å². The minimum atomic E-state index is -1.38. The molecule has 0 radical (unpaired) electrons. The SMILES string of the molecule is CCN1CCN(CCNC(=O)C[S@@](=O)Cc2nc(-c3ccc(OC)c(OC)c3)oc2C)CC1. The molecule has 0 saturated carbocycles. The van der Waals surface area contributed by atoms with Gasteiger partial charge in [-0.25, -0.2) is 4.98 Å². The Hall–Kier alpha value is -2.43. The van der Waals surface area contributed by atoms with Gasteiger partial charge < -0.3 is 24.1 Å². The number of rotatable bonds is 11. The average molecular weight is 479 g/mol. The van der Waals surface area contributed by atoms with Crippen LogP contribution >= 0.6 is 0 Å². The van der Waals surface area contributed by atoms with Crippen LogP contribution in [0.15, 0.2) is 22.6 Å². The van der Waals surface area contributed by atoms with Crippen LogP contribution in [0.25, 0.3) is 11.5 Å². The molecular formula is C23H34N4O5S. The Morgan fingerprint density at radius 3 is 2.52 bits per heavy atom. The summed E-state index contributed by atoms with van der Waals surface area (Å²) in [5.74, 6) is 2.07. The molecule has 1 fully saturated rings. The summed E-state index contributed by atoms with van der Waals surface area (Å²) in [4.78, 5) is 21.5. The molecule has 0 unspecified atom stereocenters. The van der Waals surface area contributed by atoms with Crippen molar-refractivity contribution in [3.05, 3.63) is 29.7 Å². The Kier molecular flexibility index (Phi) is 9.28. The Balaban J connectivity index is 1.47. The van der Waals surface area contributed by atoms with Crippen LogP contribution in [-0.4, -0.2) is 90.7 Å². The van der Waals surface area contributed by atoms with E-state index in [1.165, 1.54) is 0 Å². The summed E-state index contributed by atoms with van der Waals surface area (Å²) in [6, 6.07) is 5.38. The second-order valence-electron chi connectivity index (χ2n) is 7.95. The second kappa shape index (κ2) is 12.2. The Morgan fingerprint density at radius 2 is 1.85 bits per heavy atom. The number of aromatic nitrogens is 1. The zero-order valence-electron chi connectivity index (χ0n) is 19.9. The van der Waals surface area contributed by atoms with Gasteiger partial charge in [0.15, 0.2) is 11.5 Å². The number of hydrogen-bond donors (Lipinski definition) is 1. The third-order valence-electron chi connectivity index (χ3n) is 5.78. The van der Waals surface area contributed by atoms with Crippen LogP contribution in [0.4, 0.5) is 0 Å². The number of benzene rings is 1. The molecule has 2 aromatic rings. The number of oxazole rings is 1. The first-order chi connectivity index (χ1) is 15.9. The van der Waals surface area contributed by atoms with E-state index in [4.69, 9.17) is 13.9 Å². The van der Waals surface area contributed by atoms with Gasteiger partial charge in [0.1, 0.15) is 11.5 Å². The summed E-state index contributed by atoms with van der Waals surface area (Å²) in [6.45, 7) is 10.6. The predicted molar refractivity (Wildman–Crippen MR) is 128 cm³/mol. The highest BCUT2D eigenvalue weighted by molar-refractivity contribution is 7.84. The van der Waals surface area contributed by atoms with Crippen LogP contribution in [0.2, 0.25) is 0 Å². The summed E-state index contributed by atoms with van der Waals surface area (Å²) in [5.41, 5.74) is 1.31. The van der Waals surface area contributed by atoms with Crippen molar-refractivity contribution in [3.8, 4) is 23.0 Å². The number of methoxy groups -OCH3 is 2. The number of hydrogen-bond acceptors (Lipinski definition) is 8. The lowest BCUT2D eigenvalue weighted by Gasteiger charge is -2.33. The zero-order valence-corrected chi connectivity index (χ0v) is 20.7. The van der Waals surface area contributed by atoms with E-state index in [1.807, 2.05) is 6.07 Å². The molecule has 1 N–H and O–H groups in total. The fourth-order valence-electron chi connectivity index (χ4n) is 3.74. The van der Waals surface area contributed by atoms with Gasteiger partial charge in [0.25, 0.3) is 0 Å². The van der Waals surface area contributed by atoms with Crippen LogP contribution < -0.4 is 14.8 Å². The lowest BCUT2D eigenvalue weighted by atomic mass is 10.2. The van der Waals surface area contributed by atoms with Gasteiger partial charge >= 0.3 is 0 Å². The second-order valence-corrected chi connectivity index (χ2v) is 9.40. The molecule has 9 nitrogen and oxygen atoms in total. The number of nitrogens with one attached hydrogen (secondary N) is 1. The van der Waals surface area contributed by atoms with E-state index in [0.29, 0.717) is 35.4 Å². The van der Waals surface area contributed by atoms with E-state index in [-0.39, 0.29) is 17.4 Å². The Bertz CT molecular complexity index is 956. The number of carbonyl (C=O) groups is 1. The molecule has 33 heavy (non-hydrogen) atoms. The van der Waals surface area contributed by atoms with Crippen molar-refractivity contribution in [1.82, 2.24) is 20.1 Å². The van der Waals surface area contributed by atoms with Crippen molar-refractivity contribution in [1.29, 1.82) is 0 Å². The van der Waals surface area contributed by atoms with E-state index in [9.17, 15) is 9.00 Å². The summed E-state index contributed by atoms with van der Waals surface area (Å²) < 4.78 is 28.9. The number of amides is 1. The van der Waals surface area contributed by atoms with Crippen LogP contribution in [0.3, 0.4) is 0 Å². The number of ether oxygens (including phenoxy) is 2. The van der Waals surface area contributed by atoms with Crippen LogP contribution in [0.5, 0.6) is 11.5 Å². The average Bonchev–Trinajstić information content (AvgIpc) is 3.18. The van der Waals surface area contributed by atoms with Gasteiger partial charge in [-0.05, 0) is 31.7 Å². The number of aryl methyl sites for hydroxylation is 1. The number of likely N-dealkylation sites (N-methyl/N-ethyl adjacent to an activating group) is 1. The minimum Gasteiger partial charge on any atom is -0.493 e. The van der Waals surface area contributed by atoms with Gasteiger partial charge in [0.05, 0.1) is 25.7 Å². The van der Waals surface area contributed by atoms with Crippen molar-refractivity contribution in [3.63, 3.8) is 0 Å². The number of piperazine rings is 1. The molecular weight excluding hydrogens is 444 g/mol. The van der Waals surface area contributed by atoms with Gasteiger partial charge in [-0.2, -0.15) is 0 Å². The van der Waals surface area contributed by atoms with Crippen LogP contribution in [0, 0.1) is 6.92 Å². The normalized spacial score (nSPS) is 15.9. The number of nitrogens with zero attached hydrogens (tertiary/aromatic N) is 3. The first kappa shape index (κ1) is 25.2. The van der Waals surface area contributed by atoms with E-state index in [0.717, 1.165) is 44.8 Å². The summed E-state index contributed by atoms with van der Waals surface area (Å²) >= 11 is 0. The van der Waals surface area contributed by atoms with Crippen molar-refractivity contribution in [2.24, 2.45) is 0 Å². The minimum absolute atomic E-state index is 0.0540. The van der Waals surface area contributed by atoms with Crippen molar-refractivity contribution < 1.29 is 22.9 Å². The number of carbonyl (C=O) groups excluding carboxylic acids is 1. The monoisotopic (exact) mass is 478 g/mol. The predicted octanol–water partition coefficient (Wildman–Crippen LogP) is 1.67. The van der Waals surface area contributed by atoms with Crippen molar-refractivity contribution >= 4 is 16.7 Å². The molecule has 2 heterocycles. The first-order valence-electron chi connectivity index (χ1n) is 11.2. The molecule has 1 aliphatic rings. The molecule has 0 spiro atoms. The topological polar surface area (TPSA) is 97.1 Å². The molecule has 1 aromatic heterocycles. The molecule has 182 valence electrons. The fraction of sp³-hybridized carbons (Fsp3) is 0.565. The molecule has 0 aliphatic carbocycles. The molecule has 1 aliphatic heterocycles. The van der Waals surface area contributed by atoms with Crippen molar-refractivity contribution in [2.45, 2.75) is 19.6 Å². The van der Waals surface area contributed by atoms with Gasteiger partial charge in [-0.1, -0.05) is 6.92 Å². The standard InChI is InChI=1S/C23H34N4O5S/c1-5-26-10-12-27(13-11-26)9-8-24-22(28)16-33(29)15-19-17(2)32-23(25-19)18-6-7-20(30-3)21(14-18)31-4/h6-7,14H,5,8-13,15-16H2,1-4H3,(H,24,28)/t33-/m0/s1. The molecule has 1 amide bonds. The molecule has 0 bridgehead atoms. The van der Waals surface area contributed by atoms with Gasteiger partial charge in [-0.15, -0.1) is 0 Å². The van der Waals surface area contributed by atoms with Crippen LogP contribution in [-0.2, 0) is 21.3 Å². The smallest absolute Gasteiger partial charge is 0.232 e. The zero-order chi connectivity index (χ0) is 23.8. The Morgan fingerprint density at radius 1 is 1.15 bits per heavy atom. The van der Waals surface area contributed by atoms with Gasteiger partial charge in [0.2, 0.25) is 11.8 Å². The maximum atomic E-state index is 12.6. The highest BCUT2D eigenvalue weighted by Crippen LogP contribution is 2.32. The lowest BCUT2D eigenvalue weighted by molar-refractivity contribution is -0.118. The van der Waals surface area contributed by atoms with Crippen LogP contribution in [0.1, 0.15) is 18.4 Å². The van der Waals surface area contributed by atoms with Gasteiger partial charge in [0, 0.05) is 55.6 Å². The molecule has 10 heteroatoms. The summed E-state index contributed by atoms with van der Waals surface area (Å²) in [6.07, 6.45) is 0. The van der Waals surface area contributed by atoms with E-state index in [1.54, 1.807) is 33.3 Å². The van der Waals surface area contributed by atoms with E-state index < -0.39 is 10.8 Å². The molecule has 3 rings (SSSR count). The summed E-state index contributed by atoms with van der Waals surface area (Å²) in [7, 11) is 1.76. The van der Waals surface area contributed by atoms with Gasteiger partial charge in [-0.3, -0.25) is 13.9 Å². The third-order valence-corrected chi connectivity index (χ3v) is 6.95. The Labute approximate surface area is 197 Å². The van der Waals surface area contributed by atoms with E-state index in [2.05, 4.69) is 27.0 Å². The first-order valence-corrected chi connectivity index (χ1v) is 12.7. The maximum absolute atomic E-state index is 12.6. The maximum Gasteiger partial charge on any atom is 0.232 e. The highest BCUT2D eigenvalue weighted by atomic mass is 32.2. The lowest BCUT2D eigenvalue weighted by Crippen LogP contribution is -2.48. The van der Waals surface area contributed by atoms with Crippen molar-refractivity contribution in [2.75, 3.05) is 65.8 Å². The molecule has 1 saturated heterocycles. The fourth-order valence-corrected chi connectivity index (χ4v) is 4.81. The molecule has 1 atom stereocenters. The third kappa shape index (κ3) is 7.02. The largest absolute Gasteiger partial charge is 0.493 e. The highest BCUT2D eigenvalue weighted by Gasteiger charge is 2.18. The quantitative estimate of drug-likeness (QED) is 0.521.